The minimum absolute atomic E-state index is 0.699. The molecular formula is C42H31N3S. The van der Waals surface area contributed by atoms with E-state index in [1.54, 1.807) is 0 Å². The van der Waals surface area contributed by atoms with Crippen LogP contribution in [0.3, 0.4) is 0 Å². The van der Waals surface area contributed by atoms with Gasteiger partial charge in [-0.05, 0) is 89.5 Å². The van der Waals surface area contributed by atoms with E-state index in [0.717, 1.165) is 28.0 Å². The van der Waals surface area contributed by atoms with Crippen LogP contribution in [-0.4, -0.2) is 11.7 Å². The lowest BCUT2D eigenvalue weighted by Gasteiger charge is -2.34. The predicted octanol–water partition coefficient (Wildman–Crippen LogP) is 12.1. The molecule has 1 aliphatic rings. The van der Waals surface area contributed by atoms with Gasteiger partial charge in [-0.3, -0.25) is 9.98 Å². The number of aliphatic imine (C=N–C) groups is 1. The third-order valence-corrected chi connectivity index (χ3v) is 10.1. The Morgan fingerprint density at radius 3 is 2.50 bits per heavy atom. The molecule has 0 aliphatic carbocycles. The minimum Gasteiger partial charge on any atom is -0.335 e. The third kappa shape index (κ3) is 4.49. The van der Waals surface area contributed by atoms with Crippen LogP contribution in [-0.2, 0) is 6.54 Å². The molecule has 2 aromatic heterocycles. The number of benzene rings is 5. The van der Waals surface area contributed by atoms with Gasteiger partial charge in [0, 0.05) is 43.4 Å². The second-order valence-electron chi connectivity index (χ2n) is 11.5. The van der Waals surface area contributed by atoms with Crippen LogP contribution in [0.5, 0.6) is 0 Å². The molecule has 0 amide bonds. The van der Waals surface area contributed by atoms with Gasteiger partial charge in [-0.25, -0.2) is 0 Å². The maximum atomic E-state index is 4.84. The van der Waals surface area contributed by atoms with Gasteiger partial charge in [0.25, 0.3) is 0 Å². The zero-order chi connectivity index (χ0) is 31.2. The largest absolute Gasteiger partial charge is 0.335 e. The molecular weight excluding hydrogens is 579 g/mol. The molecule has 4 heteroatoms. The lowest BCUT2D eigenvalue weighted by Crippen LogP contribution is -2.22. The molecule has 0 saturated carbocycles. The van der Waals surface area contributed by atoms with Gasteiger partial charge in [0.05, 0.1) is 23.4 Å². The summed E-state index contributed by atoms with van der Waals surface area (Å²) in [5.74, 6) is 0. The molecule has 5 aromatic carbocycles. The highest BCUT2D eigenvalue weighted by molar-refractivity contribution is 7.20. The lowest BCUT2D eigenvalue weighted by atomic mass is 9.88. The number of allylic oxidation sites excluding steroid dienone is 1. The molecule has 0 spiro atoms. The van der Waals surface area contributed by atoms with Crippen LogP contribution in [0.4, 0.5) is 17.1 Å². The maximum absolute atomic E-state index is 4.84. The fourth-order valence-corrected chi connectivity index (χ4v) is 8.12. The van der Waals surface area contributed by atoms with Crippen molar-refractivity contribution in [1.29, 1.82) is 0 Å². The monoisotopic (exact) mass is 609 g/mol. The van der Waals surface area contributed by atoms with Crippen LogP contribution < -0.4 is 4.90 Å². The minimum atomic E-state index is 0.699. The van der Waals surface area contributed by atoms with Crippen LogP contribution in [0, 0.1) is 0 Å². The Balaban J connectivity index is 1.30. The van der Waals surface area contributed by atoms with Gasteiger partial charge in [-0.2, -0.15) is 0 Å². The number of para-hydroxylation sites is 2. The first-order valence-electron chi connectivity index (χ1n) is 15.4. The summed E-state index contributed by atoms with van der Waals surface area (Å²) in [6.07, 6.45) is 8.14. The lowest BCUT2D eigenvalue weighted by molar-refractivity contribution is 0.966. The van der Waals surface area contributed by atoms with Gasteiger partial charge in [0.2, 0.25) is 0 Å². The van der Waals surface area contributed by atoms with E-state index in [1.165, 1.54) is 59.5 Å². The number of hydrogen-bond acceptors (Lipinski definition) is 4. The summed E-state index contributed by atoms with van der Waals surface area (Å²) >= 11 is 1.83. The highest BCUT2D eigenvalue weighted by atomic mass is 32.1. The topological polar surface area (TPSA) is 28.5 Å². The summed E-state index contributed by atoms with van der Waals surface area (Å²) in [5.41, 5.74) is 13.7. The van der Waals surface area contributed by atoms with E-state index in [0.29, 0.717) is 6.54 Å². The number of anilines is 2. The van der Waals surface area contributed by atoms with E-state index in [2.05, 4.69) is 133 Å². The van der Waals surface area contributed by atoms with Crippen LogP contribution in [0.2, 0.25) is 0 Å². The fraction of sp³-hybridized carbons (Fsp3) is 0.0476. The molecule has 0 radical (unpaired) electrons. The Morgan fingerprint density at radius 2 is 1.63 bits per heavy atom. The Bertz CT molecular complexity index is 2360. The second kappa shape index (κ2) is 11.4. The Hall–Kier alpha value is -5.58. The summed E-state index contributed by atoms with van der Waals surface area (Å²) in [7, 11) is 0. The quantitative estimate of drug-likeness (QED) is 0.176. The first kappa shape index (κ1) is 27.9. The van der Waals surface area contributed by atoms with Crippen molar-refractivity contribution in [2.45, 2.75) is 13.5 Å². The van der Waals surface area contributed by atoms with Gasteiger partial charge < -0.3 is 4.90 Å². The normalized spacial score (nSPS) is 12.4. The smallest absolute Gasteiger partial charge is 0.0859 e. The van der Waals surface area contributed by atoms with Crippen molar-refractivity contribution >= 4 is 68.3 Å². The average Bonchev–Trinajstić information content (AvgIpc) is 3.48. The first-order valence-corrected chi connectivity index (χ1v) is 16.3. The van der Waals surface area contributed by atoms with E-state index in [4.69, 9.17) is 4.98 Å². The summed E-state index contributed by atoms with van der Waals surface area (Å²) in [5, 5.41) is 2.39. The van der Waals surface area contributed by atoms with Crippen molar-refractivity contribution < 1.29 is 0 Å². The highest BCUT2D eigenvalue weighted by Gasteiger charge is 2.27. The van der Waals surface area contributed by atoms with Crippen LogP contribution >= 0.6 is 11.3 Å². The first-order chi connectivity index (χ1) is 22.7. The molecule has 0 bridgehead atoms. The van der Waals surface area contributed by atoms with E-state index >= 15 is 0 Å². The molecule has 0 fully saturated rings. The molecule has 3 nitrogen and oxygen atoms in total. The van der Waals surface area contributed by atoms with Crippen molar-refractivity contribution in [2.75, 3.05) is 4.90 Å². The van der Waals surface area contributed by atoms with E-state index in [-0.39, 0.29) is 0 Å². The van der Waals surface area contributed by atoms with Crippen molar-refractivity contribution in [2.24, 2.45) is 4.99 Å². The molecule has 7 aromatic rings. The van der Waals surface area contributed by atoms with Crippen molar-refractivity contribution in [3.63, 3.8) is 0 Å². The van der Waals surface area contributed by atoms with Gasteiger partial charge >= 0.3 is 0 Å². The molecule has 8 rings (SSSR count). The van der Waals surface area contributed by atoms with Crippen molar-refractivity contribution in [1.82, 2.24) is 4.98 Å². The molecule has 0 saturated heterocycles. The number of pyridine rings is 1. The Kier molecular flexibility index (Phi) is 6.93. The number of thiophene rings is 1. The van der Waals surface area contributed by atoms with Gasteiger partial charge in [-0.15, -0.1) is 11.3 Å². The Morgan fingerprint density at radius 1 is 0.783 bits per heavy atom. The number of rotatable bonds is 6. The maximum Gasteiger partial charge on any atom is 0.0859 e. The third-order valence-electron chi connectivity index (χ3n) is 8.93. The second-order valence-corrected chi connectivity index (χ2v) is 12.5. The SMILES string of the molecule is C=Cc1c(/C=C\C)sc2c(-c3cccc(-c4ccc5c(c4)-c4ccc6cccnc6c4CN5c4ccccc4N=C)c3)cccc12. The molecule has 0 atom stereocenters. The van der Waals surface area contributed by atoms with Crippen LogP contribution in [0.25, 0.3) is 66.5 Å². The summed E-state index contributed by atoms with van der Waals surface area (Å²) < 4.78 is 1.28. The molecule has 1 aliphatic heterocycles. The van der Waals surface area contributed by atoms with E-state index < -0.39 is 0 Å². The standard InChI is InChI=1S/C42H31N3S/c1-4-11-40-31(5-2)34-16-9-15-32(42(34)46-40)30-13-8-12-28(24-30)29-20-22-38-35(25-29)33-21-19-27-14-10-23-44-41(27)36(33)26-45(38)39-18-7-6-17-37(39)43-3/h4-25H,2-3,26H2,1H3/b11-4-. The average molecular weight is 610 g/mol. The fourth-order valence-electron chi connectivity index (χ4n) is 6.81. The molecule has 220 valence electrons. The van der Waals surface area contributed by atoms with Crippen molar-refractivity contribution in [3.05, 3.63) is 144 Å². The van der Waals surface area contributed by atoms with Gasteiger partial charge in [0.15, 0.2) is 0 Å². The summed E-state index contributed by atoms with van der Waals surface area (Å²) in [6.45, 7) is 10.7. The van der Waals surface area contributed by atoms with E-state index in [1.807, 2.05) is 41.8 Å². The molecule has 46 heavy (non-hydrogen) atoms. The summed E-state index contributed by atoms with van der Waals surface area (Å²) in [6, 6.07) is 39.1. The van der Waals surface area contributed by atoms with Gasteiger partial charge in [0.1, 0.15) is 0 Å². The van der Waals surface area contributed by atoms with Crippen LogP contribution in [0.1, 0.15) is 22.9 Å². The van der Waals surface area contributed by atoms with Gasteiger partial charge in [-0.1, -0.05) is 91.5 Å². The molecule has 0 N–H and O–H groups in total. The number of hydrogen-bond donors (Lipinski definition) is 0. The van der Waals surface area contributed by atoms with Crippen LogP contribution in [0.15, 0.2) is 133 Å². The molecule has 0 unspecified atom stereocenters. The van der Waals surface area contributed by atoms with E-state index in [9.17, 15) is 0 Å². The zero-order valence-corrected chi connectivity index (χ0v) is 26.4. The summed E-state index contributed by atoms with van der Waals surface area (Å²) in [4.78, 5) is 12.8. The number of fused-ring (bicyclic) bond motifs is 6. The number of nitrogens with zero attached hydrogens (tertiary/aromatic N) is 3. The highest BCUT2D eigenvalue weighted by Crippen LogP contribution is 2.48. The van der Waals surface area contributed by atoms with Crippen molar-refractivity contribution in [3.8, 4) is 33.4 Å². The molecule has 3 heterocycles. The zero-order valence-electron chi connectivity index (χ0n) is 25.6. The Labute approximate surface area is 273 Å². The predicted molar refractivity (Wildman–Crippen MR) is 200 cm³/mol. The number of aromatic nitrogens is 1.